The number of hydrogen-bond donors (Lipinski definition) is 2. The zero-order valence-electron chi connectivity index (χ0n) is 10.3. The van der Waals surface area contributed by atoms with Crippen molar-refractivity contribution in [3.8, 4) is 0 Å². The number of nitrogens with one attached hydrogen (secondary N) is 1. The van der Waals surface area contributed by atoms with Crippen molar-refractivity contribution in [2.24, 2.45) is 0 Å². The van der Waals surface area contributed by atoms with Gasteiger partial charge in [-0.15, -0.1) is 0 Å². The third-order valence-electron chi connectivity index (χ3n) is 2.67. The van der Waals surface area contributed by atoms with E-state index >= 15 is 0 Å². The Bertz CT molecular complexity index is 455. The van der Waals surface area contributed by atoms with Crippen LogP contribution in [0.2, 0.25) is 0 Å². The first kappa shape index (κ1) is 14.1. The Hall–Kier alpha value is -1.95. The minimum atomic E-state index is -0.543. The van der Waals surface area contributed by atoms with E-state index in [1.807, 2.05) is 6.92 Å². The van der Waals surface area contributed by atoms with Crippen molar-refractivity contribution in [3.63, 3.8) is 0 Å². The van der Waals surface area contributed by atoms with Crippen molar-refractivity contribution in [2.45, 2.75) is 26.3 Å². The predicted octanol–water partition coefficient (Wildman–Crippen LogP) is 1.98. The number of carbonyl (C=O) groups is 1. The highest BCUT2D eigenvalue weighted by Gasteiger charge is 2.18. The van der Waals surface area contributed by atoms with Crippen molar-refractivity contribution in [2.75, 3.05) is 11.9 Å². The summed E-state index contributed by atoms with van der Waals surface area (Å²) >= 11 is 0. The molecule has 18 heavy (non-hydrogen) atoms. The molecule has 0 heterocycles. The Morgan fingerprint density at radius 3 is 2.67 bits per heavy atom. The molecule has 1 aromatic rings. The monoisotopic (exact) mass is 252 g/mol. The van der Waals surface area contributed by atoms with Crippen LogP contribution in [0.1, 0.15) is 30.6 Å². The SMILES string of the molecule is CC[C@@H](CO)Nc1ccc(C(C)=O)cc1[N+](=O)[O-]. The Kier molecular flexibility index (Phi) is 4.79. The second-order valence-electron chi connectivity index (χ2n) is 3.98. The first-order valence-electron chi connectivity index (χ1n) is 5.66. The van der Waals surface area contributed by atoms with Crippen molar-refractivity contribution >= 4 is 17.2 Å². The number of aliphatic hydroxyl groups is 1. The van der Waals surface area contributed by atoms with Gasteiger partial charge in [0.2, 0.25) is 0 Å². The molecule has 0 aliphatic rings. The van der Waals surface area contributed by atoms with Gasteiger partial charge in [-0.25, -0.2) is 0 Å². The van der Waals surface area contributed by atoms with Crippen LogP contribution in [0.5, 0.6) is 0 Å². The van der Waals surface area contributed by atoms with E-state index in [0.717, 1.165) is 0 Å². The molecule has 6 nitrogen and oxygen atoms in total. The summed E-state index contributed by atoms with van der Waals surface area (Å²) in [5, 5.41) is 22.9. The molecule has 2 N–H and O–H groups in total. The normalized spacial score (nSPS) is 11.9. The largest absolute Gasteiger partial charge is 0.394 e. The first-order valence-corrected chi connectivity index (χ1v) is 5.66. The summed E-state index contributed by atoms with van der Waals surface area (Å²) in [6, 6.07) is 4.02. The van der Waals surface area contributed by atoms with Gasteiger partial charge in [0.1, 0.15) is 5.69 Å². The van der Waals surface area contributed by atoms with Crippen LogP contribution < -0.4 is 5.32 Å². The van der Waals surface area contributed by atoms with E-state index in [1.54, 1.807) is 0 Å². The molecule has 0 saturated carbocycles. The molecule has 0 aliphatic heterocycles. The van der Waals surface area contributed by atoms with Gasteiger partial charge in [-0.3, -0.25) is 14.9 Å². The third-order valence-corrected chi connectivity index (χ3v) is 2.67. The first-order chi connectivity index (χ1) is 8.49. The molecule has 0 aromatic heterocycles. The highest BCUT2D eigenvalue weighted by molar-refractivity contribution is 5.95. The molecule has 0 bridgehead atoms. The maximum atomic E-state index is 11.2. The van der Waals surface area contributed by atoms with E-state index in [-0.39, 0.29) is 24.1 Å². The van der Waals surface area contributed by atoms with Crippen LogP contribution in [0.3, 0.4) is 0 Å². The van der Waals surface area contributed by atoms with Crippen molar-refractivity contribution in [3.05, 3.63) is 33.9 Å². The van der Waals surface area contributed by atoms with Gasteiger partial charge in [-0.1, -0.05) is 6.92 Å². The number of anilines is 1. The molecule has 1 rings (SSSR count). The van der Waals surface area contributed by atoms with E-state index in [2.05, 4.69) is 5.32 Å². The van der Waals surface area contributed by atoms with Gasteiger partial charge < -0.3 is 10.4 Å². The van der Waals surface area contributed by atoms with Gasteiger partial charge in [-0.2, -0.15) is 0 Å². The Morgan fingerprint density at radius 1 is 1.56 bits per heavy atom. The molecule has 0 unspecified atom stereocenters. The number of hydrogen-bond acceptors (Lipinski definition) is 5. The van der Waals surface area contributed by atoms with Crippen LogP contribution in [0, 0.1) is 10.1 Å². The summed E-state index contributed by atoms with van der Waals surface area (Å²) in [4.78, 5) is 21.6. The second kappa shape index (κ2) is 6.11. The number of Topliss-reactive ketones (excluding diaryl/α,β-unsaturated/α-hetero) is 1. The highest BCUT2D eigenvalue weighted by Crippen LogP contribution is 2.26. The Balaban J connectivity index is 3.11. The standard InChI is InChI=1S/C12H16N2O4/c1-3-10(7-15)13-11-5-4-9(8(2)16)6-12(11)14(17)18/h4-6,10,13,15H,3,7H2,1-2H3/t10-/m0/s1. The average molecular weight is 252 g/mol. The fourth-order valence-corrected chi connectivity index (χ4v) is 1.52. The molecule has 0 radical (unpaired) electrons. The lowest BCUT2D eigenvalue weighted by atomic mass is 10.1. The van der Waals surface area contributed by atoms with Crippen LogP contribution >= 0.6 is 0 Å². The second-order valence-corrected chi connectivity index (χ2v) is 3.98. The lowest BCUT2D eigenvalue weighted by molar-refractivity contribution is -0.384. The van der Waals surface area contributed by atoms with Gasteiger partial charge in [0.15, 0.2) is 5.78 Å². The number of nitro groups is 1. The minimum Gasteiger partial charge on any atom is -0.394 e. The van der Waals surface area contributed by atoms with Gasteiger partial charge >= 0.3 is 0 Å². The van der Waals surface area contributed by atoms with E-state index in [9.17, 15) is 14.9 Å². The maximum absolute atomic E-state index is 11.2. The molecular formula is C12H16N2O4. The van der Waals surface area contributed by atoms with Gasteiger partial charge in [0.05, 0.1) is 11.5 Å². The molecule has 0 amide bonds. The van der Waals surface area contributed by atoms with Crippen LogP contribution in [-0.4, -0.2) is 28.5 Å². The number of carbonyl (C=O) groups excluding carboxylic acids is 1. The van der Waals surface area contributed by atoms with E-state index in [1.165, 1.54) is 25.1 Å². The number of ketones is 1. The predicted molar refractivity (Wildman–Crippen MR) is 67.9 cm³/mol. The van der Waals surface area contributed by atoms with E-state index in [0.29, 0.717) is 17.7 Å². The summed E-state index contributed by atoms with van der Waals surface area (Å²) in [6.07, 6.45) is 0.641. The Morgan fingerprint density at radius 2 is 2.22 bits per heavy atom. The fraction of sp³-hybridized carbons (Fsp3) is 0.417. The lowest BCUT2D eigenvalue weighted by Crippen LogP contribution is -2.23. The summed E-state index contributed by atoms with van der Waals surface area (Å²) in [6.45, 7) is 3.11. The zero-order valence-corrected chi connectivity index (χ0v) is 10.3. The molecule has 0 spiro atoms. The number of nitrogens with zero attached hydrogens (tertiary/aromatic N) is 1. The molecule has 0 saturated heterocycles. The minimum absolute atomic E-state index is 0.109. The highest BCUT2D eigenvalue weighted by atomic mass is 16.6. The van der Waals surface area contributed by atoms with Crippen molar-refractivity contribution in [1.29, 1.82) is 0 Å². The van der Waals surface area contributed by atoms with Crippen molar-refractivity contribution in [1.82, 2.24) is 0 Å². The van der Waals surface area contributed by atoms with Crippen molar-refractivity contribution < 1.29 is 14.8 Å². The van der Waals surface area contributed by atoms with Gasteiger partial charge in [0, 0.05) is 17.7 Å². The number of nitro benzene ring substituents is 1. The number of benzene rings is 1. The van der Waals surface area contributed by atoms with Crippen LogP contribution in [0.15, 0.2) is 18.2 Å². The summed E-state index contributed by atoms with van der Waals surface area (Å²) in [5.74, 6) is -0.223. The topological polar surface area (TPSA) is 92.5 Å². The average Bonchev–Trinajstić information content (AvgIpc) is 2.35. The third kappa shape index (κ3) is 3.27. The van der Waals surface area contributed by atoms with Crippen LogP contribution in [0.25, 0.3) is 0 Å². The number of rotatable bonds is 6. The van der Waals surface area contributed by atoms with Gasteiger partial charge in [0.25, 0.3) is 5.69 Å². The van der Waals surface area contributed by atoms with Gasteiger partial charge in [-0.05, 0) is 25.5 Å². The Labute approximate surface area is 105 Å². The van der Waals surface area contributed by atoms with Crippen LogP contribution in [-0.2, 0) is 0 Å². The molecule has 0 fully saturated rings. The molecule has 0 aliphatic carbocycles. The molecular weight excluding hydrogens is 236 g/mol. The molecule has 1 aromatic carbocycles. The van der Waals surface area contributed by atoms with Crippen LogP contribution in [0.4, 0.5) is 11.4 Å². The zero-order chi connectivity index (χ0) is 13.7. The number of aliphatic hydroxyl groups excluding tert-OH is 1. The fourth-order valence-electron chi connectivity index (χ4n) is 1.52. The lowest BCUT2D eigenvalue weighted by Gasteiger charge is -2.15. The summed E-state index contributed by atoms with van der Waals surface area (Å²) < 4.78 is 0. The quantitative estimate of drug-likeness (QED) is 0.459. The summed E-state index contributed by atoms with van der Waals surface area (Å²) in [7, 11) is 0. The van der Waals surface area contributed by atoms with E-state index < -0.39 is 4.92 Å². The summed E-state index contributed by atoms with van der Waals surface area (Å²) in [5.41, 5.74) is 0.449. The smallest absolute Gasteiger partial charge is 0.293 e. The molecule has 6 heteroatoms. The van der Waals surface area contributed by atoms with E-state index in [4.69, 9.17) is 5.11 Å². The molecule has 98 valence electrons. The molecule has 1 atom stereocenters. The maximum Gasteiger partial charge on any atom is 0.293 e.